The highest BCUT2D eigenvalue weighted by Gasteiger charge is 2.21. The molecule has 0 aliphatic carbocycles. The van der Waals surface area contributed by atoms with Gasteiger partial charge in [0.25, 0.3) is 0 Å². The van der Waals surface area contributed by atoms with Crippen LogP contribution in [0.25, 0.3) is 82.8 Å². The van der Waals surface area contributed by atoms with Gasteiger partial charge in [-0.25, -0.2) is 0 Å². The molecule has 0 atom stereocenters. The Morgan fingerprint density at radius 2 is 0.842 bits per heavy atom. The van der Waals surface area contributed by atoms with E-state index in [2.05, 4.69) is 216 Å². The summed E-state index contributed by atoms with van der Waals surface area (Å²) in [6.07, 6.45) is 0. The fourth-order valence-corrected chi connectivity index (χ4v) is 8.64. The molecule has 0 saturated heterocycles. The van der Waals surface area contributed by atoms with Crippen molar-refractivity contribution in [1.82, 2.24) is 4.57 Å². The van der Waals surface area contributed by atoms with Gasteiger partial charge in [0.1, 0.15) is 11.2 Å². The molecule has 0 radical (unpaired) electrons. The van der Waals surface area contributed by atoms with Gasteiger partial charge in [0.05, 0.1) is 27.8 Å². The van der Waals surface area contributed by atoms with Crippen LogP contribution in [0.15, 0.2) is 223 Å². The van der Waals surface area contributed by atoms with Crippen molar-refractivity contribution in [3.8, 4) is 39.1 Å². The molecule has 3 heteroatoms. The van der Waals surface area contributed by atoms with Crippen molar-refractivity contribution < 1.29 is 4.42 Å². The molecule has 0 N–H and O–H groups in total. The van der Waals surface area contributed by atoms with Crippen LogP contribution in [-0.2, 0) is 0 Å². The summed E-state index contributed by atoms with van der Waals surface area (Å²) in [5.74, 6) is 0. The van der Waals surface area contributed by atoms with Gasteiger partial charge < -0.3 is 13.9 Å². The second-order valence-corrected chi connectivity index (χ2v) is 14.5. The second kappa shape index (κ2) is 13.6. The van der Waals surface area contributed by atoms with Crippen molar-refractivity contribution in [2.45, 2.75) is 0 Å². The van der Waals surface area contributed by atoms with E-state index in [1.807, 2.05) is 12.1 Å². The van der Waals surface area contributed by atoms with E-state index in [1.165, 1.54) is 49.6 Å². The van der Waals surface area contributed by atoms with Gasteiger partial charge in [-0.05, 0) is 88.5 Å². The van der Waals surface area contributed by atoms with Gasteiger partial charge in [-0.15, -0.1) is 0 Å². The lowest BCUT2D eigenvalue weighted by atomic mass is 9.93. The molecule has 0 bridgehead atoms. The highest BCUT2D eigenvalue weighted by atomic mass is 16.3. The van der Waals surface area contributed by atoms with Crippen LogP contribution in [0.1, 0.15) is 0 Å². The van der Waals surface area contributed by atoms with Crippen molar-refractivity contribution >= 4 is 60.8 Å². The second-order valence-electron chi connectivity index (χ2n) is 14.5. The van der Waals surface area contributed by atoms with E-state index in [4.69, 9.17) is 4.42 Å². The average molecular weight is 729 g/mol. The Morgan fingerprint density at radius 3 is 1.54 bits per heavy atom. The SMILES string of the molecule is c1ccc(-c2ccc(N(c3ccc(-c4ccccc4-c4ccccc4-n4c5ccccc5c5ccccc54)cc3)c3cccc4oc5ccccc5c34)cc2)cc1. The highest BCUT2D eigenvalue weighted by molar-refractivity contribution is 6.13. The zero-order chi connectivity index (χ0) is 37.7. The Kier molecular flexibility index (Phi) is 7.82. The fraction of sp³-hybridized carbons (Fsp3) is 0. The summed E-state index contributed by atoms with van der Waals surface area (Å²) in [4.78, 5) is 2.35. The summed E-state index contributed by atoms with van der Waals surface area (Å²) in [5, 5.41) is 4.70. The van der Waals surface area contributed by atoms with Crippen LogP contribution in [-0.4, -0.2) is 4.57 Å². The van der Waals surface area contributed by atoms with Crippen LogP contribution in [0, 0.1) is 0 Å². The van der Waals surface area contributed by atoms with Crippen LogP contribution in [0.4, 0.5) is 17.1 Å². The monoisotopic (exact) mass is 728 g/mol. The third kappa shape index (κ3) is 5.51. The summed E-state index contributed by atoms with van der Waals surface area (Å²) < 4.78 is 8.80. The number of rotatable bonds is 7. The molecule has 57 heavy (non-hydrogen) atoms. The van der Waals surface area contributed by atoms with Gasteiger partial charge in [0.15, 0.2) is 0 Å². The average Bonchev–Trinajstić information content (AvgIpc) is 3.84. The van der Waals surface area contributed by atoms with Crippen molar-refractivity contribution in [1.29, 1.82) is 0 Å². The summed E-state index contributed by atoms with van der Waals surface area (Å²) in [7, 11) is 0. The molecule has 11 aromatic rings. The zero-order valence-electron chi connectivity index (χ0n) is 31.1. The van der Waals surface area contributed by atoms with Crippen molar-refractivity contribution in [3.63, 3.8) is 0 Å². The van der Waals surface area contributed by atoms with Gasteiger partial charge >= 0.3 is 0 Å². The number of aromatic nitrogens is 1. The number of hydrogen-bond acceptors (Lipinski definition) is 2. The number of benzene rings is 9. The van der Waals surface area contributed by atoms with Crippen LogP contribution in [0.2, 0.25) is 0 Å². The molecule has 2 aromatic heterocycles. The molecule has 0 unspecified atom stereocenters. The molecule has 9 aromatic carbocycles. The molecule has 0 saturated carbocycles. The minimum Gasteiger partial charge on any atom is -0.456 e. The summed E-state index contributed by atoms with van der Waals surface area (Å²) in [6, 6.07) is 78.1. The van der Waals surface area contributed by atoms with E-state index in [1.54, 1.807) is 0 Å². The van der Waals surface area contributed by atoms with Gasteiger partial charge in [-0.2, -0.15) is 0 Å². The third-order valence-corrected chi connectivity index (χ3v) is 11.2. The van der Waals surface area contributed by atoms with Gasteiger partial charge in [-0.3, -0.25) is 0 Å². The topological polar surface area (TPSA) is 21.3 Å². The predicted molar refractivity (Wildman–Crippen MR) is 239 cm³/mol. The molecule has 0 spiro atoms. The largest absolute Gasteiger partial charge is 0.456 e. The Bertz CT molecular complexity index is 3170. The third-order valence-electron chi connectivity index (χ3n) is 11.2. The quantitative estimate of drug-likeness (QED) is 0.163. The minimum atomic E-state index is 0.868. The van der Waals surface area contributed by atoms with Crippen LogP contribution in [0.5, 0.6) is 0 Å². The number of anilines is 3. The number of furan rings is 1. The maximum absolute atomic E-state index is 6.38. The zero-order valence-corrected chi connectivity index (χ0v) is 31.1. The number of hydrogen-bond donors (Lipinski definition) is 0. The maximum atomic E-state index is 6.38. The van der Waals surface area contributed by atoms with E-state index in [0.717, 1.165) is 50.3 Å². The van der Waals surface area contributed by atoms with E-state index >= 15 is 0 Å². The molecule has 268 valence electrons. The first-order valence-corrected chi connectivity index (χ1v) is 19.4. The van der Waals surface area contributed by atoms with Crippen molar-refractivity contribution in [3.05, 3.63) is 218 Å². The molecule has 2 heterocycles. The molecule has 0 aliphatic rings. The van der Waals surface area contributed by atoms with Crippen LogP contribution < -0.4 is 4.90 Å². The van der Waals surface area contributed by atoms with Gasteiger partial charge in [0.2, 0.25) is 0 Å². The minimum absolute atomic E-state index is 0.868. The van der Waals surface area contributed by atoms with E-state index in [-0.39, 0.29) is 0 Å². The summed E-state index contributed by atoms with van der Waals surface area (Å²) in [6.45, 7) is 0. The molecule has 0 aliphatic heterocycles. The lowest BCUT2D eigenvalue weighted by Gasteiger charge is -2.27. The first-order valence-electron chi connectivity index (χ1n) is 19.4. The van der Waals surface area contributed by atoms with Gasteiger partial charge in [-0.1, -0.05) is 158 Å². The first-order chi connectivity index (χ1) is 28.3. The van der Waals surface area contributed by atoms with E-state index in [0.29, 0.717) is 0 Å². The van der Waals surface area contributed by atoms with Crippen LogP contribution in [0.3, 0.4) is 0 Å². The predicted octanol–water partition coefficient (Wildman–Crippen LogP) is 15.2. The molecular weight excluding hydrogens is 693 g/mol. The number of fused-ring (bicyclic) bond motifs is 6. The molecule has 3 nitrogen and oxygen atoms in total. The normalized spacial score (nSPS) is 11.5. The molecule has 0 fully saturated rings. The Morgan fingerprint density at radius 1 is 0.333 bits per heavy atom. The fourth-order valence-electron chi connectivity index (χ4n) is 8.64. The van der Waals surface area contributed by atoms with Crippen molar-refractivity contribution in [2.75, 3.05) is 4.90 Å². The first kappa shape index (κ1) is 32.8. The van der Waals surface area contributed by atoms with Gasteiger partial charge in [0, 0.05) is 33.1 Å². The molecule has 0 amide bonds. The lowest BCUT2D eigenvalue weighted by Crippen LogP contribution is -2.10. The molecule has 11 rings (SSSR count). The lowest BCUT2D eigenvalue weighted by molar-refractivity contribution is 0.669. The highest BCUT2D eigenvalue weighted by Crippen LogP contribution is 2.45. The Labute approximate surface area is 330 Å². The summed E-state index contributed by atoms with van der Waals surface area (Å²) >= 11 is 0. The van der Waals surface area contributed by atoms with E-state index < -0.39 is 0 Å². The Balaban J connectivity index is 1.05. The van der Waals surface area contributed by atoms with E-state index in [9.17, 15) is 0 Å². The standard InChI is InChI=1S/C54H36N2O/c1-2-15-37(16-3-1)38-29-33-40(34-30-38)55(51-26-14-28-53-54(51)47-22-9-13-27-52(47)57-53)41-35-31-39(32-36-41)42-17-4-5-18-43(42)44-19-6-10-23-48(44)56-49-24-11-7-20-45(49)46-21-8-12-25-50(46)56/h1-36H. The maximum Gasteiger partial charge on any atom is 0.137 e. The van der Waals surface area contributed by atoms with Crippen molar-refractivity contribution in [2.24, 2.45) is 0 Å². The Hall–Kier alpha value is -7.62. The summed E-state index contributed by atoms with van der Waals surface area (Å²) in [5.41, 5.74) is 15.6. The molecular formula is C54H36N2O. The number of para-hydroxylation sites is 4. The van der Waals surface area contributed by atoms with Crippen LogP contribution >= 0.6 is 0 Å². The number of nitrogens with zero attached hydrogens (tertiary/aromatic N) is 2. The smallest absolute Gasteiger partial charge is 0.137 e.